The molecule has 0 bridgehead atoms. The van der Waals surface area contributed by atoms with Gasteiger partial charge < -0.3 is 4.90 Å². The molecule has 0 aliphatic carbocycles. The van der Waals surface area contributed by atoms with Gasteiger partial charge in [0, 0.05) is 25.1 Å². The molecule has 100 valence electrons. The van der Waals surface area contributed by atoms with E-state index in [2.05, 4.69) is 4.90 Å². The van der Waals surface area contributed by atoms with Gasteiger partial charge in [-0.15, -0.1) is 0 Å². The molecule has 1 aromatic rings. The highest BCUT2D eigenvalue weighted by Crippen LogP contribution is 2.39. The normalized spacial score (nSPS) is 21.8. The molecule has 0 amide bonds. The van der Waals surface area contributed by atoms with E-state index in [0.29, 0.717) is 31.5 Å². The van der Waals surface area contributed by atoms with Crippen molar-refractivity contribution in [2.24, 2.45) is 0 Å². The second-order valence-electron chi connectivity index (χ2n) is 5.26. The first-order valence-electron chi connectivity index (χ1n) is 6.24. The molecular weight excluding hydrogens is 239 g/mol. The summed E-state index contributed by atoms with van der Waals surface area (Å²) < 4.78 is 41.2. The lowest BCUT2D eigenvalue weighted by Gasteiger charge is -2.38. The summed E-state index contributed by atoms with van der Waals surface area (Å²) in [7, 11) is 1.95. The second kappa shape index (κ2) is 4.92. The summed E-state index contributed by atoms with van der Waals surface area (Å²) in [4.78, 5) is 2.07. The fourth-order valence-electron chi connectivity index (χ4n) is 2.55. The molecule has 1 aromatic carbocycles. The number of piperidine rings is 1. The van der Waals surface area contributed by atoms with Crippen molar-refractivity contribution in [1.29, 1.82) is 0 Å². The van der Waals surface area contributed by atoms with Crippen molar-refractivity contribution in [3.05, 3.63) is 35.4 Å². The third-order valence-electron chi connectivity index (χ3n) is 3.98. The standard InChI is InChI=1S/C14H18F3N/c1-10(11-7-12(15)9-13(16)8-11)14(17)3-5-18(2)6-4-14/h7-10H,3-6H2,1-2H3/t10-/m1/s1. The number of hydrogen-bond donors (Lipinski definition) is 0. The third kappa shape index (κ3) is 2.69. The van der Waals surface area contributed by atoms with E-state index < -0.39 is 23.2 Å². The Morgan fingerprint density at radius 3 is 2.11 bits per heavy atom. The van der Waals surface area contributed by atoms with E-state index in [0.717, 1.165) is 6.07 Å². The van der Waals surface area contributed by atoms with Crippen molar-refractivity contribution in [1.82, 2.24) is 4.90 Å². The summed E-state index contributed by atoms with van der Waals surface area (Å²) in [5, 5.41) is 0. The van der Waals surface area contributed by atoms with Crippen molar-refractivity contribution in [2.45, 2.75) is 31.4 Å². The van der Waals surface area contributed by atoms with Crippen LogP contribution in [0.1, 0.15) is 31.2 Å². The maximum absolute atomic E-state index is 14.8. The number of benzene rings is 1. The Hall–Kier alpha value is -1.03. The number of likely N-dealkylation sites (tertiary alicyclic amines) is 1. The largest absolute Gasteiger partial charge is 0.306 e. The van der Waals surface area contributed by atoms with E-state index in [9.17, 15) is 13.2 Å². The molecule has 0 spiro atoms. The highest BCUT2D eigenvalue weighted by Gasteiger charge is 2.39. The number of nitrogens with zero attached hydrogens (tertiary/aromatic N) is 1. The Bertz CT molecular complexity index is 405. The van der Waals surface area contributed by atoms with Crippen LogP contribution in [0.3, 0.4) is 0 Å². The topological polar surface area (TPSA) is 3.24 Å². The smallest absolute Gasteiger partial charge is 0.126 e. The molecule has 1 heterocycles. The SMILES string of the molecule is C[C@H](c1cc(F)cc(F)c1)C1(F)CCN(C)CC1. The van der Waals surface area contributed by atoms with Crippen molar-refractivity contribution >= 4 is 0 Å². The lowest BCUT2D eigenvalue weighted by Crippen LogP contribution is -2.42. The first kappa shape index (κ1) is 13.4. The molecule has 0 N–H and O–H groups in total. The summed E-state index contributed by atoms with van der Waals surface area (Å²) in [6.07, 6.45) is 0.811. The molecule has 0 radical (unpaired) electrons. The Kier molecular flexibility index (Phi) is 3.66. The van der Waals surface area contributed by atoms with E-state index in [-0.39, 0.29) is 0 Å². The lowest BCUT2D eigenvalue weighted by atomic mass is 9.78. The van der Waals surface area contributed by atoms with Crippen LogP contribution < -0.4 is 0 Å². The van der Waals surface area contributed by atoms with Gasteiger partial charge in [0.2, 0.25) is 0 Å². The Labute approximate surface area is 106 Å². The van der Waals surface area contributed by atoms with E-state index in [1.165, 1.54) is 12.1 Å². The average molecular weight is 257 g/mol. The minimum atomic E-state index is -1.37. The molecule has 0 unspecified atom stereocenters. The van der Waals surface area contributed by atoms with Crippen molar-refractivity contribution in [2.75, 3.05) is 20.1 Å². The lowest BCUT2D eigenvalue weighted by molar-refractivity contribution is 0.0481. The molecule has 1 fully saturated rings. The molecular formula is C14H18F3N. The van der Waals surface area contributed by atoms with Crippen LogP contribution in [-0.2, 0) is 0 Å². The van der Waals surface area contributed by atoms with Gasteiger partial charge in [-0.1, -0.05) is 6.92 Å². The van der Waals surface area contributed by atoms with Gasteiger partial charge in [0.05, 0.1) is 0 Å². The monoisotopic (exact) mass is 257 g/mol. The highest BCUT2D eigenvalue weighted by molar-refractivity contribution is 5.24. The number of rotatable bonds is 2. The van der Waals surface area contributed by atoms with E-state index in [4.69, 9.17) is 0 Å². The third-order valence-corrected chi connectivity index (χ3v) is 3.98. The highest BCUT2D eigenvalue weighted by atomic mass is 19.1. The predicted octanol–water partition coefficient (Wildman–Crippen LogP) is 3.50. The fourth-order valence-corrected chi connectivity index (χ4v) is 2.55. The van der Waals surface area contributed by atoms with Crippen LogP contribution in [0.4, 0.5) is 13.2 Å². The minimum absolute atomic E-state index is 0.402. The number of alkyl halides is 1. The molecule has 1 aliphatic rings. The average Bonchev–Trinajstić information content (AvgIpc) is 2.31. The number of halogens is 3. The van der Waals surface area contributed by atoms with Gasteiger partial charge in [-0.2, -0.15) is 0 Å². The molecule has 1 saturated heterocycles. The molecule has 4 heteroatoms. The summed E-state index contributed by atoms with van der Waals surface area (Å²) >= 11 is 0. The molecule has 1 nitrogen and oxygen atoms in total. The Morgan fingerprint density at radius 2 is 1.61 bits per heavy atom. The van der Waals surface area contributed by atoms with Gasteiger partial charge in [-0.25, -0.2) is 13.2 Å². The van der Waals surface area contributed by atoms with E-state index in [1.54, 1.807) is 6.92 Å². The van der Waals surface area contributed by atoms with Gasteiger partial charge >= 0.3 is 0 Å². The van der Waals surface area contributed by atoms with Crippen LogP contribution in [-0.4, -0.2) is 30.7 Å². The van der Waals surface area contributed by atoms with E-state index >= 15 is 0 Å². The van der Waals surface area contributed by atoms with Crippen LogP contribution in [0.5, 0.6) is 0 Å². The first-order valence-corrected chi connectivity index (χ1v) is 6.24. The van der Waals surface area contributed by atoms with Crippen molar-refractivity contribution in [3.8, 4) is 0 Å². The Morgan fingerprint density at radius 1 is 1.11 bits per heavy atom. The summed E-state index contributed by atoms with van der Waals surface area (Å²) in [5.41, 5.74) is -0.966. The van der Waals surface area contributed by atoms with E-state index in [1.807, 2.05) is 7.05 Å². The van der Waals surface area contributed by atoms with Crippen LogP contribution in [0.2, 0.25) is 0 Å². The molecule has 2 rings (SSSR count). The van der Waals surface area contributed by atoms with Crippen LogP contribution in [0.25, 0.3) is 0 Å². The maximum atomic E-state index is 14.8. The summed E-state index contributed by atoms with van der Waals surface area (Å²) in [6.45, 7) is 3.07. The zero-order valence-corrected chi connectivity index (χ0v) is 10.7. The zero-order chi connectivity index (χ0) is 13.3. The minimum Gasteiger partial charge on any atom is -0.306 e. The summed E-state index contributed by atoms with van der Waals surface area (Å²) in [6, 6.07) is 3.27. The molecule has 1 atom stereocenters. The van der Waals surface area contributed by atoms with Gasteiger partial charge in [0.15, 0.2) is 0 Å². The molecule has 18 heavy (non-hydrogen) atoms. The van der Waals surface area contributed by atoms with Gasteiger partial charge in [0.25, 0.3) is 0 Å². The van der Waals surface area contributed by atoms with Crippen LogP contribution in [0, 0.1) is 11.6 Å². The Balaban J connectivity index is 2.22. The molecule has 1 aliphatic heterocycles. The molecule has 0 saturated carbocycles. The quantitative estimate of drug-likeness (QED) is 0.783. The van der Waals surface area contributed by atoms with Crippen LogP contribution >= 0.6 is 0 Å². The maximum Gasteiger partial charge on any atom is 0.126 e. The molecule has 0 aromatic heterocycles. The van der Waals surface area contributed by atoms with Crippen molar-refractivity contribution in [3.63, 3.8) is 0 Å². The second-order valence-corrected chi connectivity index (χ2v) is 5.26. The van der Waals surface area contributed by atoms with Gasteiger partial charge in [-0.05, 0) is 37.6 Å². The fraction of sp³-hybridized carbons (Fsp3) is 0.571. The zero-order valence-electron chi connectivity index (χ0n) is 10.7. The van der Waals surface area contributed by atoms with Crippen LogP contribution in [0.15, 0.2) is 18.2 Å². The van der Waals surface area contributed by atoms with Gasteiger partial charge in [0.1, 0.15) is 17.3 Å². The summed E-state index contributed by atoms with van der Waals surface area (Å²) in [5.74, 6) is -1.78. The number of hydrogen-bond acceptors (Lipinski definition) is 1. The van der Waals surface area contributed by atoms with Crippen molar-refractivity contribution < 1.29 is 13.2 Å². The predicted molar refractivity (Wildman–Crippen MR) is 65.3 cm³/mol. The van der Waals surface area contributed by atoms with Gasteiger partial charge in [-0.3, -0.25) is 0 Å². The first-order chi connectivity index (χ1) is 8.40.